The first-order valence-electron chi connectivity index (χ1n) is 9.54. The highest BCUT2D eigenvalue weighted by Crippen LogP contribution is 2.45. The first kappa shape index (κ1) is 22.3. The fraction of sp³-hybridized carbons (Fsp3) is 0.318. The van der Waals surface area contributed by atoms with E-state index in [1.165, 1.54) is 30.0 Å². The molecule has 0 saturated carbocycles. The van der Waals surface area contributed by atoms with Crippen LogP contribution in [0.2, 0.25) is 0 Å². The Bertz CT molecular complexity index is 1030. The number of amides is 1. The van der Waals surface area contributed by atoms with Gasteiger partial charge >= 0.3 is 0 Å². The topological polar surface area (TPSA) is 94.0 Å². The van der Waals surface area contributed by atoms with Crippen molar-refractivity contribution in [2.24, 2.45) is 5.73 Å². The van der Waals surface area contributed by atoms with Crippen molar-refractivity contribution in [2.75, 3.05) is 5.32 Å². The molecule has 0 aliphatic carbocycles. The number of hydrogen-bond acceptors (Lipinski definition) is 7. The van der Waals surface area contributed by atoms with E-state index in [1.807, 2.05) is 24.3 Å². The monoisotopic (exact) mass is 442 g/mol. The molecule has 3 aromatic rings. The summed E-state index contributed by atoms with van der Waals surface area (Å²) in [5.41, 5.74) is 7.58. The lowest BCUT2D eigenvalue weighted by atomic mass is 9.94. The number of carbonyl (C=O) groups excluding carboxylic acids is 1. The van der Waals surface area contributed by atoms with Crippen LogP contribution in [0.3, 0.4) is 0 Å². The molecule has 2 heterocycles. The van der Waals surface area contributed by atoms with Crippen molar-refractivity contribution in [3.8, 4) is 10.6 Å². The number of carbonyl (C=O) groups is 1. The van der Waals surface area contributed by atoms with Crippen molar-refractivity contribution in [3.63, 3.8) is 0 Å². The van der Waals surface area contributed by atoms with Gasteiger partial charge in [-0.15, -0.1) is 17.9 Å². The summed E-state index contributed by atoms with van der Waals surface area (Å²) in [4.78, 5) is 20.8. The van der Waals surface area contributed by atoms with Gasteiger partial charge in [-0.2, -0.15) is 0 Å². The van der Waals surface area contributed by atoms with Gasteiger partial charge in [0.1, 0.15) is 20.2 Å². The predicted molar refractivity (Wildman–Crippen MR) is 124 cm³/mol. The normalized spacial score (nSPS) is 12.6. The van der Waals surface area contributed by atoms with E-state index in [0.717, 1.165) is 26.1 Å². The second-order valence-electron chi connectivity index (χ2n) is 7.82. The van der Waals surface area contributed by atoms with Gasteiger partial charge in [0.25, 0.3) is 0 Å². The van der Waals surface area contributed by atoms with Gasteiger partial charge < -0.3 is 15.5 Å². The number of oxazole rings is 1. The Morgan fingerprint density at radius 3 is 2.60 bits per heavy atom. The van der Waals surface area contributed by atoms with Crippen LogP contribution in [0.25, 0.3) is 10.6 Å². The van der Waals surface area contributed by atoms with Crippen molar-refractivity contribution >= 4 is 34.8 Å². The van der Waals surface area contributed by atoms with Gasteiger partial charge in [-0.1, -0.05) is 62.9 Å². The molecule has 1 atom stereocenters. The van der Waals surface area contributed by atoms with Crippen LogP contribution < -0.4 is 11.1 Å². The van der Waals surface area contributed by atoms with Crippen LogP contribution in [-0.4, -0.2) is 15.9 Å². The molecule has 0 saturated heterocycles. The maximum absolute atomic E-state index is 11.7. The molecule has 1 amide bonds. The van der Waals surface area contributed by atoms with E-state index in [4.69, 9.17) is 10.2 Å². The first-order valence-corrected chi connectivity index (χ1v) is 11.2. The van der Waals surface area contributed by atoms with Crippen LogP contribution in [0.15, 0.2) is 51.7 Å². The summed E-state index contributed by atoms with van der Waals surface area (Å²) in [6.45, 7) is 12.1. The lowest BCUT2D eigenvalue weighted by molar-refractivity contribution is -0.114. The van der Waals surface area contributed by atoms with Gasteiger partial charge in [0, 0.05) is 24.4 Å². The maximum atomic E-state index is 11.7. The van der Waals surface area contributed by atoms with Gasteiger partial charge in [0.15, 0.2) is 5.82 Å². The Kier molecular flexibility index (Phi) is 6.80. The maximum Gasteiger partial charge on any atom is 0.222 e. The molecule has 158 valence electrons. The summed E-state index contributed by atoms with van der Waals surface area (Å²) in [6.07, 6.45) is 3.55. The summed E-state index contributed by atoms with van der Waals surface area (Å²) in [6, 6.07) is 7.94. The quantitative estimate of drug-likeness (QED) is 0.369. The molecule has 0 aliphatic rings. The molecule has 0 aliphatic heterocycles. The van der Waals surface area contributed by atoms with Crippen molar-refractivity contribution in [3.05, 3.63) is 60.3 Å². The van der Waals surface area contributed by atoms with Gasteiger partial charge in [0.2, 0.25) is 11.8 Å². The van der Waals surface area contributed by atoms with Crippen molar-refractivity contribution in [2.45, 2.75) is 49.1 Å². The number of nitrogens with one attached hydrogen (secondary N) is 1. The number of benzene rings is 1. The third-order valence-corrected chi connectivity index (χ3v) is 6.77. The molecule has 2 aromatic heterocycles. The third-order valence-electron chi connectivity index (χ3n) is 4.28. The molecule has 6 nitrogen and oxygen atoms in total. The standard InChI is InChI=1S/C22H26N4O2S2/c1-6-16(19-24-12-17(28-19)22(3,4)5)29-21-18(25-13(2)27)26-20(30-21)15-9-7-14(11-23)8-10-15/h6-10,12,16H,1,11,23H2,2-5H3,(H,25,27). The fourth-order valence-electron chi connectivity index (χ4n) is 2.62. The largest absolute Gasteiger partial charge is 0.444 e. The lowest BCUT2D eigenvalue weighted by Crippen LogP contribution is -2.09. The van der Waals surface area contributed by atoms with Crippen molar-refractivity contribution < 1.29 is 9.21 Å². The van der Waals surface area contributed by atoms with Crippen LogP contribution in [0.5, 0.6) is 0 Å². The number of nitrogens with zero attached hydrogens (tertiary/aromatic N) is 2. The van der Waals surface area contributed by atoms with E-state index in [9.17, 15) is 4.79 Å². The zero-order valence-electron chi connectivity index (χ0n) is 17.6. The minimum Gasteiger partial charge on any atom is -0.444 e. The SMILES string of the molecule is C=CC(Sc1sc(-c2ccc(CN)cc2)nc1NC(C)=O)c1ncc(C(C)(C)C)o1. The fourth-order valence-corrected chi connectivity index (χ4v) is 4.86. The number of hydrogen-bond donors (Lipinski definition) is 2. The Hall–Kier alpha value is -2.42. The second kappa shape index (κ2) is 9.16. The van der Waals surface area contributed by atoms with Crippen LogP contribution >= 0.6 is 23.1 Å². The molecule has 1 aromatic carbocycles. The number of rotatable bonds is 7. The lowest BCUT2D eigenvalue weighted by Gasteiger charge is -2.14. The predicted octanol–water partition coefficient (Wildman–Crippen LogP) is 5.53. The molecular weight excluding hydrogens is 416 g/mol. The molecule has 30 heavy (non-hydrogen) atoms. The van der Waals surface area contributed by atoms with E-state index in [2.05, 4.69) is 42.6 Å². The van der Waals surface area contributed by atoms with E-state index in [-0.39, 0.29) is 16.6 Å². The summed E-state index contributed by atoms with van der Waals surface area (Å²) in [5.74, 6) is 1.76. The zero-order valence-corrected chi connectivity index (χ0v) is 19.2. The average Bonchev–Trinajstić information content (AvgIpc) is 3.33. The minimum absolute atomic E-state index is 0.129. The number of nitrogens with two attached hydrogens (primary N) is 1. The number of anilines is 1. The number of thioether (sulfide) groups is 1. The Morgan fingerprint density at radius 1 is 1.37 bits per heavy atom. The average molecular weight is 443 g/mol. The van der Waals surface area contributed by atoms with Crippen LogP contribution in [-0.2, 0) is 16.8 Å². The molecule has 1 unspecified atom stereocenters. The van der Waals surface area contributed by atoms with Gasteiger partial charge in [-0.05, 0) is 5.56 Å². The van der Waals surface area contributed by atoms with E-state index in [1.54, 1.807) is 12.3 Å². The smallest absolute Gasteiger partial charge is 0.222 e. The molecule has 8 heteroatoms. The van der Waals surface area contributed by atoms with Crippen LogP contribution in [0.1, 0.15) is 50.2 Å². The molecule has 3 N–H and O–H groups in total. The van der Waals surface area contributed by atoms with Crippen molar-refractivity contribution in [1.82, 2.24) is 9.97 Å². The molecule has 0 radical (unpaired) electrons. The van der Waals surface area contributed by atoms with E-state index >= 15 is 0 Å². The highest BCUT2D eigenvalue weighted by Gasteiger charge is 2.25. The summed E-state index contributed by atoms with van der Waals surface area (Å²) in [7, 11) is 0. The summed E-state index contributed by atoms with van der Waals surface area (Å²) < 4.78 is 6.86. The number of thiazole rings is 1. The van der Waals surface area contributed by atoms with E-state index < -0.39 is 0 Å². The Balaban J connectivity index is 1.92. The van der Waals surface area contributed by atoms with Gasteiger partial charge in [0.05, 0.1) is 6.20 Å². The third kappa shape index (κ3) is 5.19. The molecule has 0 bridgehead atoms. The Labute approximate surface area is 185 Å². The molecule has 0 spiro atoms. The van der Waals surface area contributed by atoms with Crippen LogP contribution in [0, 0.1) is 0 Å². The minimum atomic E-state index is -0.207. The highest BCUT2D eigenvalue weighted by molar-refractivity contribution is 8.01. The highest BCUT2D eigenvalue weighted by atomic mass is 32.2. The summed E-state index contributed by atoms with van der Waals surface area (Å²) in [5, 5.41) is 3.44. The van der Waals surface area contributed by atoms with Gasteiger partial charge in [-0.3, -0.25) is 4.79 Å². The molecule has 3 rings (SSSR count). The molecular formula is C22H26N4O2S2. The van der Waals surface area contributed by atoms with E-state index in [0.29, 0.717) is 18.3 Å². The second-order valence-corrected chi connectivity index (χ2v) is 10.2. The van der Waals surface area contributed by atoms with Gasteiger partial charge in [-0.25, -0.2) is 9.97 Å². The molecule has 0 fully saturated rings. The zero-order chi connectivity index (χ0) is 21.9. The summed E-state index contributed by atoms with van der Waals surface area (Å²) >= 11 is 3.01. The van der Waals surface area contributed by atoms with Crippen molar-refractivity contribution in [1.29, 1.82) is 0 Å². The first-order chi connectivity index (χ1) is 14.2. The number of aromatic nitrogens is 2. The Morgan fingerprint density at radius 2 is 2.07 bits per heavy atom. The van der Waals surface area contributed by atoms with Crippen LogP contribution in [0.4, 0.5) is 5.82 Å².